The highest BCUT2D eigenvalue weighted by Gasteiger charge is 2.07. The van der Waals surface area contributed by atoms with Crippen LogP contribution in [0.2, 0.25) is 0 Å². The molecule has 0 atom stereocenters. The molecular weight excluding hydrogens is 319 g/mol. The third-order valence-corrected chi connectivity index (χ3v) is 3.89. The molecule has 0 unspecified atom stereocenters. The summed E-state index contributed by atoms with van der Waals surface area (Å²) in [5.74, 6) is 0.427. The number of hydrogen-bond acceptors (Lipinski definition) is 4. The number of aromatic nitrogens is 3. The van der Waals surface area contributed by atoms with Crippen molar-refractivity contribution in [1.29, 1.82) is 0 Å². The van der Waals surface area contributed by atoms with E-state index in [0.29, 0.717) is 12.3 Å². The van der Waals surface area contributed by atoms with Crippen molar-refractivity contribution in [2.45, 2.75) is 26.2 Å². The van der Waals surface area contributed by atoms with E-state index in [4.69, 9.17) is 0 Å². The topological polar surface area (TPSA) is 70.7 Å². The van der Waals surface area contributed by atoms with Gasteiger partial charge in [-0.1, -0.05) is 38.1 Å². The average molecular weight is 338 g/mol. The second-order valence-corrected chi connectivity index (χ2v) is 6.15. The zero-order valence-electron chi connectivity index (χ0n) is 14.1. The Labute approximate surface area is 145 Å². The maximum absolute atomic E-state index is 12.9. The van der Waals surface area contributed by atoms with Crippen LogP contribution in [0.3, 0.4) is 0 Å². The lowest BCUT2D eigenvalue weighted by Gasteiger charge is -2.08. The van der Waals surface area contributed by atoms with Gasteiger partial charge in [0.1, 0.15) is 11.5 Å². The Morgan fingerprint density at radius 2 is 1.72 bits per heavy atom. The highest BCUT2D eigenvalue weighted by atomic mass is 19.1. The molecule has 0 aliphatic heterocycles. The number of rotatable bonds is 5. The zero-order valence-corrected chi connectivity index (χ0v) is 14.1. The van der Waals surface area contributed by atoms with Crippen LogP contribution in [-0.2, 0) is 6.42 Å². The summed E-state index contributed by atoms with van der Waals surface area (Å²) in [7, 11) is 0. The molecule has 0 saturated heterocycles. The van der Waals surface area contributed by atoms with Crippen LogP contribution in [0.5, 0.6) is 0 Å². The van der Waals surface area contributed by atoms with Gasteiger partial charge in [0.2, 0.25) is 5.95 Å². The van der Waals surface area contributed by atoms with Crippen LogP contribution < -0.4 is 10.9 Å². The smallest absolute Gasteiger partial charge is 0.274 e. The number of benzene rings is 2. The summed E-state index contributed by atoms with van der Waals surface area (Å²) in [6.07, 6.45) is 0.298. The fraction of sp³-hybridized carbons (Fsp3) is 0.211. The van der Waals surface area contributed by atoms with Gasteiger partial charge in [-0.3, -0.25) is 9.78 Å². The molecule has 0 radical (unpaired) electrons. The van der Waals surface area contributed by atoms with Gasteiger partial charge in [0.15, 0.2) is 0 Å². The fourth-order valence-electron chi connectivity index (χ4n) is 2.42. The molecule has 3 aromatic rings. The first-order valence-electron chi connectivity index (χ1n) is 8.08. The molecular formula is C19H19FN4O. The Hall–Kier alpha value is -3.02. The lowest BCUT2D eigenvalue weighted by molar-refractivity contribution is 0.627. The van der Waals surface area contributed by atoms with E-state index in [1.165, 1.54) is 17.7 Å². The maximum Gasteiger partial charge on any atom is 0.274 e. The molecule has 128 valence electrons. The molecule has 1 aromatic heterocycles. The van der Waals surface area contributed by atoms with Crippen molar-refractivity contribution in [1.82, 2.24) is 15.2 Å². The van der Waals surface area contributed by atoms with Crippen molar-refractivity contribution < 1.29 is 4.39 Å². The van der Waals surface area contributed by atoms with Gasteiger partial charge in [-0.2, -0.15) is 0 Å². The van der Waals surface area contributed by atoms with E-state index in [1.54, 1.807) is 12.1 Å². The largest absolute Gasteiger partial charge is 0.324 e. The summed E-state index contributed by atoms with van der Waals surface area (Å²) in [5, 5.41) is 11.0. The van der Waals surface area contributed by atoms with E-state index in [2.05, 4.69) is 34.3 Å². The predicted molar refractivity (Wildman–Crippen MR) is 95.7 cm³/mol. The van der Waals surface area contributed by atoms with E-state index < -0.39 is 0 Å². The maximum atomic E-state index is 12.9. The van der Waals surface area contributed by atoms with Crippen molar-refractivity contribution in [3.63, 3.8) is 0 Å². The monoisotopic (exact) mass is 338 g/mol. The molecule has 2 aromatic carbocycles. The van der Waals surface area contributed by atoms with E-state index in [0.717, 1.165) is 11.3 Å². The van der Waals surface area contributed by atoms with Gasteiger partial charge in [-0.15, -0.1) is 10.2 Å². The van der Waals surface area contributed by atoms with Crippen molar-refractivity contribution >= 4 is 11.6 Å². The zero-order chi connectivity index (χ0) is 17.8. The number of anilines is 2. The standard InChI is InChI=1S/C19H19FN4O/c1-12(2)14-5-9-16(10-6-14)21-19-22-18(25)17(23-24-19)11-13-3-7-15(20)8-4-13/h3-10,12H,11H2,1-2H3,(H2,21,22,24,25). The summed E-state index contributed by atoms with van der Waals surface area (Å²) in [6.45, 7) is 4.26. The number of hydrogen-bond donors (Lipinski definition) is 2. The highest BCUT2D eigenvalue weighted by molar-refractivity contribution is 5.53. The van der Waals surface area contributed by atoms with Crippen molar-refractivity contribution in [2.24, 2.45) is 0 Å². The molecule has 3 rings (SSSR count). The number of aromatic amines is 1. The third-order valence-electron chi connectivity index (χ3n) is 3.89. The van der Waals surface area contributed by atoms with Gasteiger partial charge >= 0.3 is 0 Å². The first-order chi connectivity index (χ1) is 12.0. The Morgan fingerprint density at radius 3 is 2.32 bits per heavy atom. The van der Waals surface area contributed by atoms with Gasteiger partial charge in [0.25, 0.3) is 5.56 Å². The second-order valence-electron chi connectivity index (χ2n) is 6.15. The summed E-state index contributed by atoms with van der Waals surface area (Å²) in [6, 6.07) is 13.9. The Bertz CT molecular complexity index is 902. The highest BCUT2D eigenvalue weighted by Crippen LogP contribution is 2.18. The third kappa shape index (κ3) is 4.29. The predicted octanol–water partition coefficient (Wildman–Crippen LogP) is 3.76. The van der Waals surface area contributed by atoms with Crippen molar-refractivity contribution in [3.8, 4) is 0 Å². The molecule has 0 amide bonds. The summed E-state index contributed by atoms with van der Waals surface area (Å²) in [4.78, 5) is 14.9. The number of nitrogens with one attached hydrogen (secondary N) is 2. The van der Waals surface area contributed by atoms with E-state index >= 15 is 0 Å². The summed E-state index contributed by atoms with van der Waals surface area (Å²) < 4.78 is 12.9. The normalized spacial score (nSPS) is 10.9. The SMILES string of the molecule is CC(C)c1ccc(Nc2nnc(Cc3ccc(F)cc3)c(=O)[nH]2)cc1. The minimum atomic E-state index is -0.319. The van der Waals surface area contributed by atoms with Gasteiger partial charge in [0.05, 0.1) is 0 Å². The van der Waals surface area contributed by atoms with Crippen LogP contribution in [0, 0.1) is 5.82 Å². The molecule has 5 nitrogen and oxygen atoms in total. The molecule has 0 saturated carbocycles. The van der Waals surface area contributed by atoms with Crippen molar-refractivity contribution in [3.05, 3.63) is 81.5 Å². The lowest BCUT2D eigenvalue weighted by atomic mass is 10.0. The van der Waals surface area contributed by atoms with Crippen LogP contribution in [0.15, 0.2) is 53.3 Å². The Morgan fingerprint density at radius 1 is 1.04 bits per heavy atom. The van der Waals surface area contributed by atoms with Crippen LogP contribution in [0.25, 0.3) is 0 Å². The average Bonchev–Trinajstić information content (AvgIpc) is 2.60. The van der Waals surface area contributed by atoms with E-state index in [1.807, 2.05) is 24.3 Å². The molecule has 1 heterocycles. The van der Waals surface area contributed by atoms with Crippen LogP contribution in [0.4, 0.5) is 16.0 Å². The summed E-state index contributed by atoms with van der Waals surface area (Å²) >= 11 is 0. The fourth-order valence-corrected chi connectivity index (χ4v) is 2.42. The van der Waals surface area contributed by atoms with Crippen LogP contribution in [0.1, 0.15) is 36.6 Å². The first kappa shape index (κ1) is 16.8. The number of H-pyrrole nitrogens is 1. The molecule has 0 aliphatic rings. The lowest BCUT2D eigenvalue weighted by Crippen LogP contribution is -2.18. The molecule has 0 bridgehead atoms. The number of halogens is 1. The quantitative estimate of drug-likeness (QED) is 0.743. The molecule has 0 aliphatic carbocycles. The molecule has 6 heteroatoms. The molecule has 0 fully saturated rings. The van der Waals surface area contributed by atoms with Gasteiger partial charge in [-0.25, -0.2) is 4.39 Å². The Balaban J connectivity index is 1.73. The summed E-state index contributed by atoms with van der Waals surface area (Å²) in [5.41, 5.74) is 2.82. The minimum absolute atomic E-state index is 0.283. The second kappa shape index (κ2) is 7.25. The number of nitrogens with zero attached hydrogens (tertiary/aromatic N) is 2. The molecule has 0 spiro atoms. The Kier molecular flexibility index (Phi) is 4.88. The van der Waals surface area contributed by atoms with E-state index in [9.17, 15) is 9.18 Å². The van der Waals surface area contributed by atoms with Gasteiger partial charge in [-0.05, 0) is 41.3 Å². The van der Waals surface area contributed by atoms with Gasteiger partial charge < -0.3 is 5.32 Å². The van der Waals surface area contributed by atoms with Crippen molar-refractivity contribution in [2.75, 3.05) is 5.32 Å². The van der Waals surface area contributed by atoms with E-state index in [-0.39, 0.29) is 23.0 Å². The first-order valence-corrected chi connectivity index (χ1v) is 8.08. The van der Waals surface area contributed by atoms with Gasteiger partial charge in [0, 0.05) is 12.1 Å². The van der Waals surface area contributed by atoms with Crippen LogP contribution in [-0.4, -0.2) is 15.2 Å². The minimum Gasteiger partial charge on any atom is -0.324 e. The molecule has 25 heavy (non-hydrogen) atoms. The van der Waals surface area contributed by atoms with Crippen LogP contribution >= 0.6 is 0 Å². The molecule has 2 N–H and O–H groups in total.